The number of aromatic nitrogens is 12. The van der Waals surface area contributed by atoms with Crippen molar-refractivity contribution in [1.82, 2.24) is 64.5 Å². The Morgan fingerprint density at radius 3 is 1.30 bits per heavy atom. The van der Waals surface area contributed by atoms with E-state index in [4.69, 9.17) is 81.0 Å². The van der Waals surface area contributed by atoms with Gasteiger partial charge in [0.1, 0.15) is 22.6 Å². The zero-order valence-corrected chi connectivity index (χ0v) is 75.1. The first-order valence-electron chi connectivity index (χ1n) is 36.8. The minimum Gasteiger partial charge on any atom is -0.400 e. The molecule has 3 aliphatic rings. The van der Waals surface area contributed by atoms with Crippen LogP contribution in [0.5, 0.6) is 0 Å². The summed E-state index contributed by atoms with van der Waals surface area (Å²) in [5.41, 5.74) is 16.3. The van der Waals surface area contributed by atoms with E-state index in [9.17, 15) is 4.39 Å². The van der Waals surface area contributed by atoms with E-state index in [0.29, 0.717) is 69.6 Å². The van der Waals surface area contributed by atoms with Crippen LogP contribution in [0.15, 0.2) is 165 Å². The molecule has 0 unspecified atom stereocenters. The van der Waals surface area contributed by atoms with Gasteiger partial charge in [-0.1, -0.05) is 144 Å². The Hall–Kier alpha value is -9.51. The number of benzene rings is 7. The lowest BCUT2D eigenvalue weighted by Gasteiger charge is -2.32. The van der Waals surface area contributed by atoms with Crippen LogP contribution < -0.4 is 57.6 Å². The SMILES string of the molecule is C.C.C.C.C.CN(C)c1nn(C)c2cc(-c3cc(Nc4ccc(Cl)cc4)nc(N4CCOCC4)n3)ccc12.CN(C)c1nn(C)c2cc(B3OC(C)(C)C(C)(C)O3)ccc12.CN(C)c1nn(C)c2cc(Br)ccc12.CNN.CO.Clc1ccc(Nc2cc(Cl)nc(N3CCOCC3)n2)cc1.Cn1nc(N)c2ccc(Br)cc21.[C-]#[N+]c1ccc(Br)cc1F. The first kappa shape index (κ1) is 105. The average Bonchev–Trinajstić information content (AvgIpc) is 1.60. The van der Waals surface area contributed by atoms with E-state index >= 15 is 0 Å². The summed E-state index contributed by atoms with van der Waals surface area (Å²) < 4.78 is 46.0. The van der Waals surface area contributed by atoms with Gasteiger partial charge < -0.3 is 64.8 Å². The molecule has 6 aromatic heterocycles. The molecule has 0 amide bonds. The number of ether oxygens (including phenoxy) is 2. The molecule has 0 saturated carbocycles. The number of hydrazine groups is 1. The Labute approximate surface area is 758 Å². The standard InChI is InChI=1S/C24H26ClN7O.C16H24BN3O2.C14H14Cl2N4O.C10H12BrN3.C8H8BrN3.C7H3BrFN.CH6N2.CH4O.5CH4/c1-30(2)23-19-9-4-16(14-21(19)31(3)29-23)20-15-22(26-18-7-5-17(25)6-8-18)28-24(27-20)32-10-12-33-13-11-32;1-15(2)16(3,4)22-17(21-15)11-8-9-12-13(10-11)20(7)18-14(12)19(5)6;15-10-1-3-11(4-2-10)17-13-9-12(16)18-14(19-13)20-5-7-21-8-6-20;1-13(2)10-8-5-4-7(11)6-9(8)14(3)12-10;1-12-7-4-5(9)2-3-6(7)8(10)11-12;1-10-7-3-2-5(8)4-6(7)9;1-3-2;1-2;;;;;/h4-9,14-15H,10-13H2,1-3H3,(H,26,27,28);8-10H,1-7H3;1-4,9H,5-8H2,(H,17,18,19);4-6H,1-3H3;2-4H,1H3,(H2,10,11);2-4H;3H,2H2,1H3;2H,1H3;5*1H4. The number of hydrogen-bond acceptors (Lipinski definition) is 23. The molecular weight excluding hydrogens is 1810 g/mol. The molecule has 36 heteroatoms. The van der Waals surface area contributed by atoms with Crippen LogP contribution in [-0.4, -0.2) is 192 Å². The van der Waals surface area contributed by atoms with Crippen LogP contribution in [0.25, 0.3) is 59.7 Å². The summed E-state index contributed by atoms with van der Waals surface area (Å²) in [4.78, 5) is 31.8. The Bertz CT molecular complexity index is 5510. The molecule has 8 N–H and O–H groups in total. The van der Waals surface area contributed by atoms with Gasteiger partial charge in [-0.15, -0.1) is 0 Å². The lowest BCUT2D eigenvalue weighted by atomic mass is 9.79. The van der Waals surface area contributed by atoms with Gasteiger partial charge in [-0.05, 0) is 155 Å². The monoisotopic (exact) mass is 1920 g/mol. The van der Waals surface area contributed by atoms with Gasteiger partial charge in [0.15, 0.2) is 23.3 Å². The van der Waals surface area contributed by atoms with Crippen molar-refractivity contribution in [2.24, 2.45) is 34.0 Å². The fraction of sp³-hybridized carbons (Fsp3) is 0.360. The highest BCUT2D eigenvalue weighted by Crippen LogP contribution is 2.38. The van der Waals surface area contributed by atoms with Gasteiger partial charge >= 0.3 is 7.12 Å². The van der Waals surface area contributed by atoms with Crippen LogP contribution in [-0.2, 0) is 47.0 Å². The molecule has 0 radical (unpaired) electrons. The zero-order chi connectivity index (χ0) is 85.2. The first-order valence-corrected chi connectivity index (χ1v) is 40.4. The fourth-order valence-corrected chi connectivity index (χ4v) is 13.6. The number of morpholine rings is 2. The first-order chi connectivity index (χ1) is 55.7. The maximum absolute atomic E-state index is 12.6. The number of anilines is 10. The number of aryl methyl sites for hydroxylation is 4. The summed E-state index contributed by atoms with van der Waals surface area (Å²) in [6, 6.07) is 47.7. The largest absolute Gasteiger partial charge is 0.494 e. The smallest absolute Gasteiger partial charge is 0.400 e. The Morgan fingerprint density at radius 2 is 0.869 bits per heavy atom. The highest BCUT2D eigenvalue weighted by Gasteiger charge is 2.52. The van der Waals surface area contributed by atoms with Crippen LogP contribution >= 0.6 is 82.6 Å². The third-order valence-electron chi connectivity index (χ3n) is 18.7. The maximum Gasteiger partial charge on any atom is 0.494 e. The van der Waals surface area contributed by atoms with Crippen molar-refractivity contribution in [3.63, 3.8) is 0 Å². The van der Waals surface area contributed by atoms with Gasteiger partial charge in [-0.2, -0.15) is 30.4 Å². The van der Waals surface area contributed by atoms with E-state index in [-0.39, 0.29) is 61.1 Å². The molecule has 658 valence electrons. The molecule has 9 heterocycles. The van der Waals surface area contributed by atoms with Crippen LogP contribution in [0, 0.1) is 12.4 Å². The predicted molar refractivity (Wildman–Crippen MR) is 520 cm³/mol. The minimum atomic E-state index is -0.482. The summed E-state index contributed by atoms with van der Waals surface area (Å²) in [5, 5.41) is 37.6. The highest BCUT2D eigenvalue weighted by molar-refractivity contribution is 9.11. The van der Waals surface area contributed by atoms with Crippen molar-refractivity contribution in [2.45, 2.75) is 76.0 Å². The van der Waals surface area contributed by atoms with Gasteiger partial charge in [0.25, 0.3) is 0 Å². The lowest BCUT2D eigenvalue weighted by Crippen LogP contribution is -2.41. The third-order valence-corrected chi connectivity index (χ3v) is 20.8. The molecule has 0 bridgehead atoms. The molecule has 0 aliphatic carbocycles. The van der Waals surface area contributed by atoms with Gasteiger partial charge in [-0.3, -0.25) is 30.0 Å². The number of nitrogens with one attached hydrogen (secondary N) is 3. The summed E-state index contributed by atoms with van der Waals surface area (Å²) in [6.45, 7) is 20.5. The normalized spacial score (nSPS) is 13.2. The van der Waals surface area contributed by atoms with Crippen molar-refractivity contribution in [1.29, 1.82) is 0 Å². The number of hydrogen-bond donors (Lipinski definition) is 6. The summed E-state index contributed by atoms with van der Waals surface area (Å²) in [5.74, 6) is 10.3. The second-order valence-electron chi connectivity index (χ2n) is 28.2. The van der Waals surface area contributed by atoms with Gasteiger partial charge in [-0.25, -0.2) is 19.2 Å². The average molecular weight is 1930 g/mol. The van der Waals surface area contributed by atoms with Crippen LogP contribution in [0.3, 0.4) is 0 Å². The molecule has 0 spiro atoms. The van der Waals surface area contributed by atoms with Gasteiger partial charge in [0.05, 0.1) is 72.0 Å². The van der Waals surface area contributed by atoms with Crippen molar-refractivity contribution < 1.29 is 28.3 Å². The number of halogens is 7. The second kappa shape index (κ2) is 47.9. The predicted octanol–water partition coefficient (Wildman–Crippen LogP) is 19.0. The summed E-state index contributed by atoms with van der Waals surface area (Å²) in [7, 11) is 22.1. The van der Waals surface area contributed by atoms with E-state index in [1.165, 1.54) is 17.5 Å². The quantitative estimate of drug-likeness (QED) is 0.0231. The molecule has 28 nitrogen and oxygen atoms in total. The van der Waals surface area contributed by atoms with Crippen molar-refractivity contribution in [3.8, 4) is 11.3 Å². The van der Waals surface area contributed by atoms with E-state index in [0.717, 1.165) is 132 Å². The lowest BCUT2D eigenvalue weighted by molar-refractivity contribution is 0.00578. The van der Waals surface area contributed by atoms with E-state index in [2.05, 4.69) is 191 Å². The second-order valence-corrected chi connectivity index (χ2v) is 32.2. The van der Waals surface area contributed by atoms with E-state index in [1.807, 2.05) is 178 Å². The van der Waals surface area contributed by atoms with Gasteiger partial charge in [0, 0.05) is 178 Å². The van der Waals surface area contributed by atoms with E-state index < -0.39 is 5.82 Å². The molecule has 3 fully saturated rings. The molecule has 3 saturated heterocycles. The summed E-state index contributed by atoms with van der Waals surface area (Å²) >= 11 is 27.9. The van der Waals surface area contributed by atoms with Gasteiger partial charge in [0.2, 0.25) is 17.6 Å². The minimum absolute atomic E-state index is 0. The molecule has 3 aliphatic heterocycles. The fourth-order valence-electron chi connectivity index (χ4n) is 12.1. The number of nitrogens with zero attached hydrogens (tertiary/aromatic N) is 18. The summed E-state index contributed by atoms with van der Waals surface area (Å²) in [6.07, 6.45) is 0. The zero-order valence-electron chi connectivity index (χ0n) is 68.1. The molecule has 7 aromatic carbocycles. The number of nitrogen functional groups attached to an aromatic ring is 1. The number of nitrogens with two attached hydrogens (primary N) is 2. The Balaban J connectivity index is 0.000000314. The molecule has 13 aromatic rings. The Kier molecular flexibility index (Phi) is 41.2. The van der Waals surface area contributed by atoms with Crippen molar-refractivity contribution >= 4 is 203 Å². The third kappa shape index (κ3) is 27.2. The Morgan fingerprint density at radius 1 is 0.500 bits per heavy atom. The van der Waals surface area contributed by atoms with Crippen molar-refractivity contribution in [2.75, 3.05) is 150 Å². The van der Waals surface area contributed by atoms with Crippen LogP contribution in [0.2, 0.25) is 15.2 Å². The molecular formula is C86H117BBr3Cl3FN23O5. The molecule has 122 heavy (non-hydrogen) atoms. The van der Waals surface area contributed by atoms with Crippen LogP contribution in [0.1, 0.15) is 64.8 Å². The number of aliphatic hydroxyl groups is 1. The number of rotatable bonds is 11. The maximum atomic E-state index is 12.6. The van der Waals surface area contributed by atoms with Crippen LogP contribution in [0.4, 0.5) is 68.3 Å². The molecule has 16 rings (SSSR count). The van der Waals surface area contributed by atoms with E-state index in [1.54, 1.807) is 23.9 Å². The van der Waals surface area contributed by atoms with Crippen molar-refractivity contribution in [3.05, 3.63) is 198 Å². The number of aliphatic hydroxyl groups excluding tert-OH is 1. The number of fused-ring (bicyclic) bond motifs is 4. The highest BCUT2D eigenvalue weighted by atomic mass is 79.9. The topological polar surface area (TPSA) is 289 Å². The molecule has 0 atom stereocenters.